The third kappa shape index (κ3) is 5.22. The molecule has 1 heterocycles. The molecule has 0 aromatic heterocycles. The number of benzene rings is 3. The average molecular weight is 439 g/mol. The van der Waals surface area contributed by atoms with E-state index in [0.717, 1.165) is 11.1 Å². The molecule has 4 rings (SSSR count). The molecular formula is C24H20ClFN2O3. The molecule has 3 aromatic rings. The van der Waals surface area contributed by atoms with Crippen LogP contribution in [0.3, 0.4) is 0 Å². The highest BCUT2D eigenvalue weighted by molar-refractivity contribution is 6.31. The van der Waals surface area contributed by atoms with Gasteiger partial charge in [-0.25, -0.2) is 4.39 Å². The van der Waals surface area contributed by atoms with Crippen LogP contribution >= 0.6 is 11.6 Å². The Morgan fingerprint density at radius 3 is 2.65 bits per heavy atom. The van der Waals surface area contributed by atoms with Crippen LogP contribution < -0.4 is 15.4 Å². The van der Waals surface area contributed by atoms with Crippen molar-refractivity contribution in [2.75, 3.05) is 11.9 Å². The maximum atomic E-state index is 13.0. The summed E-state index contributed by atoms with van der Waals surface area (Å²) in [5.41, 5.74) is 2.73. The van der Waals surface area contributed by atoms with Crippen LogP contribution in [0.2, 0.25) is 5.02 Å². The van der Waals surface area contributed by atoms with Crippen molar-refractivity contribution in [3.8, 4) is 5.75 Å². The Morgan fingerprint density at radius 2 is 1.87 bits per heavy atom. The predicted molar refractivity (Wildman–Crippen MR) is 117 cm³/mol. The molecule has 0 aliphatic carbocycles. The molecule has 2 amide bonds. The van der Waals surface area contributed by atoms with E-state index in [1.807, 2.05) is 6.07 Å². The van der Waals surface area contributed by atoms with Gasteiger partial charge in [0.2, 0.25) is 5.91 Å². The summed E-state index contributed by atoms with van der Waals surface area (Å²) >= 11 is 5.95. The lowest BCUT2D eigenvalue weighted by Gasteiger charge is -2.25. The van der Waals surface area contributed by atoms with Crippen LogP contribution in [0, 0.1) is 11.7 Å². The summed E-state index contributed by atoms with van der Waals surface area (Å²) in [6.07, 6.45) is 0.492. The van der Waals surface area contributed by atoms with E-state index in [9.17, 15) is 14.0 Å². The van der Waals surface area contributed by atoms with Crippen LogP contribution in [-0.4, -0.2) is 18.4 Å². The summed E-state index contributed by atoms with van der Waals surface area (Å²) in [5.74, 6) is -0.378. The van der Waals surface area contributed by atoms with Crippen molar-refractivity contribution in [1.29, 1.82) is 0 Å². The fourth-order valence-corrected chi connectivity index (χ4v) is 3.60. The van der Waals surface area contributed by atoms with Crippen molar-refractivity contribution in [2.45, 2.75) is 13.0 Å². The number of ether oxygens (including phenoxy) is 1. The number of amides is 2. The molecule has 158 valence electrons. The second kappa shape index (κ2) is 9.18. The van der Waals surface area contributed by atoms with Crippen molar-refractivity contribution in [2.24, 2.45) is 5.92 Å². The summed E-state index contributed by atoms with van der Waals surface area (Å²) in [5, 5.41) is 6.20. The van der Waals surface area contributed by atoms with Crippen LogP contribution in [0.25, 0.3) is 0 Å². The van der Waals surface area contributed by atoms with Gasteiger partial charge in [-0.3, -0.25) is 9.59 Å². The largest absolute Gasteiger partial charge is 0.492 e. The predicted octanol–water partition coefficient (Wildman–Crippen LogP) is 4.60. The molecule has 2 N–H and O–H groups in total. The smallest absolute Gasteiger partial charge is 0.255 e. The summed E-state index contributed by atoms with van der Waals surface area (Å²) in [7, 11) is 0. The van der Waals surface area contributed by atoms with Gasteiger partial charge in [-0.05, 0) is 66.1 Å². The molecule has 0 radical (unpaired) electrons. The van der Waals surface area contributed by atoms with Crippen LogP contribution in [0.5, 0.6) is 5.75 Å². The highest BCUT2D eigenvalue weighted by atomic mass is 35.5. The molecule has 31 heavy (non-hydrogen) atoms. The van der Waals surface area contributed by atoms with E-state index in [2.05, 4.69) is 10.6 Å². The standard InChI is InChI=1S/C24H20ClFN2O3/c25-19-3-1-2-16(11-19)24(30)28-21-8-9-22-17(12-21)10-18(14-31-22)23(29)27-13-15-4-6-20(26)7-5-15/h1-9,11-12,18H,10,13-14H2,(H,27,29)(H,28,30). The lowest BCUT2D eigenvalue weighted by atomic mass is 9.95. The number of anilines is 1. The Bertz CT molecular complexity index is 1120. The maximum Gasteiger partial charge on any atom is 0.255 e. The fraction of sp³-hybridized carbons (Fsp3) is 0.167. The van der Waals surface area contributed by atoms with E-state index in [1.165, 1.54) is 12.1 Å². The first kappa shape index (κ1) is 20.9. The highest BCUT2D eigenvalue weighted by Gasteiger charge is 2.26. The van der Waals surface area contributed by atoms with E-state index < -0.39 is 0 Å². The van der Waals surface area contributed by atoms with Gasteiger partial charge in [-0.1, -0.05) is 29.8 Å². The monoisotopic (exact) mass is 438 g/mol. The zero-order chi connectivity index (χ0) is 21.8. The molecule has 1 aliphatic rings. The molecule has 1 atom stereocenters. The van der Waals surface area contributed by atoms with E-state index in [-0.39, 0.29) is 30.2 Å². The Balaban J connectivity index is 1.39. The number of carbonyl (C=O) groups excluding carboxylic acids is 2. The third-order valence-corrected chi connectivity index (χ3v) is 5.30. The first-order valence-corrected chi connectivity index (χ1v) is 10.2. The van der Waals surface area contributed by atoms with Crippen molar-refractivity contribution in [3.63, 3.8) is 0 Å². The van der Waals surface area contributed by atoms with Gasteiger partial charge in [0.25, 0.3) is 5.91 Å². The minimum absolute atomic E-state index is 0.136. The van der Waals surface area contributed by atoms with E-state index >= 15 is 0 Å². The second-order valence-electron chi connectivity index (χ2n) is 7.34. The molecule has 0 saturated carbocycles. The molecule has 1 aliphatic heterocycles. The average Bonchev–Trinajstić information content (AvgIpc) is 2.78. The molecule has 1 unspecified atom stereocenters. The number of hydrogen-bond donors (Lipinski definition) is 2. The summed E-state index contributed by atoms with van der Waals surface area (Å²) < 4.78 is 18.8. The summed E-state index contributed by atoms with van der Waals surface area (Å²) in [4.78, 5) is 25.0. The Kier molecular flexibility index (Phi) is 6.18. The fourth-order valence-electron chi connectivity index (χ4n) is 3.41. The molecule has 0 spiro atoms. The quantitative estimate of drug-likeness (QED) is 0.611. The van der Waals surface area contributed by atoms with Crippen LogP contribution in [0.15, 0.2) is 66.7 Å². The number of rotatable bonds is 5. The Morgan fingerprint density at radius 1 is 1.06 bits per heavy atom. The van der Waals surface area contributed by atoms with Gasteiger partial charge in [0, 0.05) is 22.8 Å². The number of halogens is 2. The van der Waals surface area contributed by atoms with E-state index in [4.69, 9.17) is 16.3 Å². The lowest BCUT2D eigenvalue weighted by molar-refractivity contribution is -0.126. The Labute approximate surface area is 184 Å². The zero-order valence-corrected chi connectivity index (χ0v) is 17.3. The number of fused-ring (bicyclic) bond motifs is 1. The second-order valence-corrected chi connectivity index (χ2v) is 7.78. The topological polar surface area (TPSA) is 67.4 Å². The van der Waals surface area contributed by atoms with Crippen molar-refractivity contribution in [3.05, 3.63) is 94.3 Å². The number of nitrogens with one attached hydrogen (secondary N) is 2. The lowest BCUT2D eigenvalue weighted by Crippen LogP contribution is -2.37. The third-order valence-electron chi connectivity index (χ3n) is 5.06. The first-order valence-electron chi connectivity index (χ1n) is 9.83. The molecule has 3 aromatic carbocycles. The SMILES string of the molecule is O=C(Nc1ccc2c(c1)CC(C(=O)NCc1ccc(F)cc1)CO2)c1cccc(Cl)c1. The van der Waals surface area contributed by atoms with Crippen molar-refractivity contribution < 1.29 is 18.7 Å². The number of carbonyl (C=O) groups is 2. The molecule has 0 saturated heterocycles. The Hall–Kier alpha value is -3.38. The molecular weight excluding hydrogens is 419 g/mol. The van der Waals surface area contributed by atoms with E-state index in [1.54, 1.807) is 48.5 Å². The zero-order valence-electron chi connectivity index (χ0n) is 16.5. The van der Waals surface area contributed by atoms with Crippen LogP contribution in [0.1, 0.15) is 21.5 Å². The molecule has 7 heteroatoms. The van der Waals surface area contributed by atoms with Gasteiger partial charge in [0.05, 0.1) is 5.92 Å². The minimum atomic E-state index is -0.355. The van der Waals surface area contributed by atoms with Crippen LogP contribution in [0.4, 0.5) is 10.1 Å². The number of hydrogen-bond acceptors (Lipinski definition) is 3. The van der Waals surface area contributed by atoms with Gasteiger partial charge in [0.15, 0.2) is 0 Å². The van der Waals surface area contributed by atoms with Crippen molar-refractivity contribution >= 4 is 29.1 Å². The minimum Gasteiger partial charge on any atom is -0.492 e. The highest BCUT2D eigenvalue weighted by Crippen LogP contribution is 2.30. The van der Waals surface area contributed by atoms with Gasteiger partial charge >= 0.3 is 0 Å². The first-order chi connectivity index (χ1) is 15.0. The van der Waals surface area contributed by atoms with Gasteiger partial charge in [0.1, 0.15) is 18.2 Å². The van der Waals surface area contributed by atoms with Gasteiger partial charge in [-0.15, -0.1) is 0 Å². The van der Waals surface area contributed by atoms with Gasteiger partial charge in [-0.2, -0.15) is 0 Å². The maximum absolute atomic E-state index is 13.0. The summed E-state index contributed by atoms with van der Waals surface area (Å²) in [6, 6.07) is 18.1. The van der Waals surface area contributed by atoms with Gasteiger partial charge < -0.3 is 15.4 Å². The summed E-state index contributed by atoms with van der Waals surface area (Å²) in [6.45, 7) is 0.592. The van der Waals surface area contributed by atoms with E-state index in [0.29, 0.717) is 35.0 Å². The molecule has 5 nitrogen and oxygen atoms in total. The normalized spacial score (nSPS) is 14.8. The molecule has 0 fully saturated rings. The van der Waals surface area contributed by atoms with Crippen LogP contribution in [-0.2, 0) is 17.8 Å². The van der Waals surface area contributed by atoms with Crippen molar-refractivity contribution in [1.82, 2.24) is 5.32 Å². The molecule has 0 bridgehead atoms.